The van der Waals surface area contributed by atoms with E-state index in [1.54, 1.807) is 0 Å². The van der Waals surface area contributed by atoms with E-state index in [4.69, 9.17) is 0 Å². The molecule has 0 aromatic carbocycles. The van der Waals surface area contributed by atoms with Gasteiger partial charge < -0.3 is 0 Å². The highest BCUT2D eigenvalue weighted by Crippen LogP contribution is 2.24. The van der Waals surface area contributed by atoms with Crippen LogP contribution in [0.25, 0.3) is 0 Å². The number of hydrogen-bond donors (Lipinski definition) is 0. The lowest BCUT2D eigenvalue weighted by Crippen LogP contribution is -2.02. The Morgan fingerprint density at radius 2 is 1.73 bits per heavy atom. The molecular weight excluding hydrogens is 132 g/mol. The predicted octanol–water partition coefficient (Wildman–Crippen LogP) is 3.70. The van der Waals surface area contributed by atoms with Gasteiger partial charge in [-0.2, -0.15) is 0 Å². The van der Waals surface area contributed by atoms with Crippen molar-refractivity contribution in [2.24, 2.45) is 5.92 Å². The second-order valence-electron chi connectivity index (χ2n) is 3.31. The lowest BCUT2D eigenvalue weighted by molar-refractivity contribution is 0.419. The van der Waals surface area contributed by atoms with E-state index in [1.165, 1.54) is 32.1 Å². The first-order chi connectivity index (χ1) is 5.43. The third kappa shape index (κ3) is 3.41. The quantitative estimate of drug-likeness (QED) is 0.526. The van der Waals surface area contributed by atoms with Crippen molar-refractivity contribution in [1.29, 1.82) is 0 Å². The molecule has 0 N–H and O–H groups in total. The second kappa shape index (κ2) is 5.17. The first kappa shape index (κ1) is 8.58. The number of rotatable bonds is 2. The van der Waals surface area contributed by atoms with E-state index in [2.05, 4.69) is 31.2 Å². The highest BCUT2D eigenvalue weighted by atomic mass is 14.1. The molecule has 0 amide bonds. The first-order valence-electron chi connectivity index (χ1n) is 4.73. The fraction of sp³-hybridized carbons (Fsp3) is 0.636. The Balaban J connectivity index is 2.23. The summed E-state index contributed by atoms with van der Waals surface area (Å²) in [6.45, 7) is 2.06. The van der Waals surface area contributed by atoms with Gasteiger partial charge in [-0.05, 0) is 25.7 Å². The van der Waals surface area contributed by atoms with E-state index >= 15 is 0 Å². The van der Waals surface area contributed by atoms with Crippen molar-refractivity contribution >= 4 is 0 Å². The molecule has 1 aliphatic rings. The molecule has 0 unspecified atom stereocenters. The van der Waals surface area contributed by atoms with Crippen LogP contribution in [0.4, 0.5) is 0 Å². The summed E-state index contributed by atoms with van der Waals surface area (Å²) in [7, 11) is 0. The zero-order valence-electron chi connectivity index (χ0n) is 7.42. The Hall–Kier alpha value is -0.520. The zero-order valence-corrected chi connectivity index (χ0v) is 7.42. The minimum absolute atomic E-state index is 0.875. The van der Waals surface area contributed by atoms with E-state index < -0.39 is 0 Å². The van der Waals surface area contributed by atoms with Crippen LogP contribution in [-0.2, 0) is 0 Å². The molecule has 0 radical (unpaired) electrons. The van der Waals surface area contributed by atoms with Crippen molar-refractivity contribution in [2.75, 3.05) is 0 Å². The molecule has 0 aliphatic heterocycles. The van der Waals surface area contributed by atoms with Gasteiger partial charge in [0.1, 0.15) is 0 Å². The fourth-order valence-electron chi connectivity index (χ4n) is 1.66. The summed E-state index contributed by atoms with van der Waals surface area (Å²) >= 11 is 0. The Morgan fingerprint density at radius 1 is 1.00 bits per heavy atom. The molecule has 0 nitrogen and oxygen atoms in total. The van der Waals surface area contributed by atoms with Crippen molar-refractivity contribution in [1.82, 2.24) is 0 Å². The molecule has 1 fully saturated rings. The minimum atomic E-state index is 0.875. The van der Waals surface area contributed by atoms with Gasteiger partial charge in [-0.15, -0.1) is 0 Å². The van der Waals surface area contributed by atoms with Crippen LogP contribution in [0, 0.1) is 5.92 Å². The summed E-state index contributed by atoms with van der Waals surface area (Å²) < 4.78 is 0. The Bertz CT molecular complexity index is 136. The van der Waals surface area contributed by atoms with Gasteiger partial charge in [0.2, 0.25) is 0 Å². The molecule has 0 aromatic heterocycles. The van der Waals surface area contributed by atoms with E-state index in [0.29, 0.717) is 0 Å². The summed E-state index contributed by atoms with van der Waals surface area (Å²) in [5.74, 6) is 0.875. The van der Waals surface area contributed by atoms with Gasteiger partial charge in [-0.3, -0.25) is 0 Å². The summed E-state index contributed by atoms with van der Waals surface area (Å²) in [4.78, 5) is 0. The second-order valence-corrected chi connectivity index (χ2v) is 3.31. The van der Waals surface area contributed by atoms with Gasteiger partial charge in [0.15, 0.2) is 0 Å². The summed E-state index contributed by atoms with van der Waals surface area (Å²) in [6, 6.07) is 0. The molecule has 0 saturated heterocycles. The largest absolute Gasteiger partial charge is 0.0877 e. The average molecular weight is 150 g/mol. The van der Waals surface area contributed by atoms with Crippen LogP contribution in [0.15, 0.2) is 24.3 Å². The third-order valence-corrected chi connectivity index (χ3v) is 2.34. The molecule has 0 atom stereocenters. The lowest BCUT2D eigenvalue weighted by Gasteiger charge is -2.17. The van der Waals surface area contributed by atoms with Crippen molar-refractivity contribution in [3.63, 3.8) is 0 Å². The normalized spacial score (nSPS) is 21.9. The standard InChI is InChI=1S/C11H18/c1-2-3-5-8-11-9-6-4-7-10-11/h2-3,5,8,11H,4,6-7,9-10H2,1H3/b3-2+,8-5-. The first-order valence-corrected chi connectivity index (χ1v) is 4.73. The molecule has 1 rings (SSSR count). The van der Waals surface area contributed by atoms with Gasteiger partial charge in [0, 0.05) is 0 Å². The summed E-state index contributed by atoms with van der Waals surface area (Å²) in [6.07, 6.45) is 15.9. The molecule has 1 saturated carbocycles. The van der Waals surface area contributed by atoms with Gasteiger partial charge in [-0.1, -0.05) is 43.6 Å². The monoisotopic (exact) mass is 150 g/mol. The highest BCUT2D eigenvalue weighted by molar-refractivity contribution is 5.03. The van der Waals surface area contributed by atoms with Crippen molar-refractivity contribution in [3.8, 4) is 0 Å². The van der Waals surface area contributed by atoms with E-state index in [9.17, 15) is 0 Å². The lowest BCUT2D eigenvalue weighted by atomic mass is 9.89. The molecule has 0 spiro atoms. The van der Waals surface area contributed by atoms with E-state index in [0.717, 1.165) is 5.92 Å². The topological polar surface area (TPSA) is 0 Å². The molecular formula is C11H18. The number of allylic oxidation sites excluding steroid dienone is 4. The SMILES string of the molecule is C/C=C/C=C\C1CCCCC1. The maximum Gasteiger partial charge on any atom is -0.0230 e. The molecule has 0 aromatic rings. The Morgan fingerprint density at radius 3 is 2.36 bits per heavy atom. The third-order valence-electron chi connectivity index (χ3n) is 2.34. The van der Waals surface area contributed by atoms with Crippen LogP contribution in [-0.4, -0.2) is 0 Å². The summed E-state index contributed by atoms with van der Waals surface area (Å²) in [5.41, 5.74) is 0. The average Bonchev–Trinajstić information content (AvgIpc) is 2.07. The smallest absolute Gasteiger partial charge is 0.0230 e. The van der Waals surface area contributed by atoms with Crippen LogP contribution in [0.3, 0.4) is 0 Å². The Kier molecular flexibility index (Phi) is 4.03. The van der Waals surface area contributed by atoms with Crippen molar-refractivity contribution < 1.29 is 0 Å². The van der Waals surface area contributed by atoms with Gasteiger partial charge >= 0.3 is 0 Å². The highest BCUT2D eigenvalue weighted by Gasteiger charge is 2.08. The predicted molar refractivity (Wildman–Crippen MR) is 50.5 cm³/mol. The molecule has 62 valence electrons. The van der Waals surface area contributed by atoms with Crippen molar-refractivity contribution in [3.05, 3.63) is 24.3 Å². The van der Waals surface area contributed by atoms with Gasteiger partial charge in [0.05, 0.1) is 0 Å². The Labute approximate surface area is 70.0 Å². The van der Waals surface area contributed by atoms with Crippen LogP contribution in [0.1, 0.15) is 39.0 Å². The maximum absolute atomic E-state index is 2.36. The maximum atomic E-state index is 2.36. The van der Waals surface area contributed by atoms with Crippen molar-refractivity contribution in [2.45, 2.75) is 39.0 Å². The van der Waals surface area contributed by atoms with E-state index in [1.807, 2.05) is 0 Å². The molecule has 0 heteroatoms. The van der Waals surface area contributed by atoms with Crippen LogP contribution in [0.5, 0.6) is 0 Å². The van der Waals surface area contributed by atoms with E-state index in [-0.39, 0.29) is 0 Å². The van der Waals surface area contributed by atoms with Crippen LogP contribution >= 0.6 is 0 Å². The number of hydrogen-bond acceptors (Lipinski definition) is 0. The molecule has 1 aliphatic carbocycles. The molecule has 0 bridgehead atoms. The van der Waals surface area contributed by atoms with Crippen LogP contribution in [0.2, 0.25) is 0 Å². The van der Waals surface area contributed by atoms with Gasteiger partial charge in [0.25, 0.3) is 0 Å². The minimum Gasteiger partial charge on any atom is -0.0877 e. The molecule has 0 heterocycles. The summed E-state index contributed by atoms with van der Waals surface area (Å²) in [5, 5.41) is 0. The molecule has 11 heavy (non-hydrogen) atoms. The van der Waals surface area contributed by atoms with Crippen LogP contribution < -0.4 is 0 Å². The zero-order chi connectivity index (χ0) is 7.94. The fourth-order valence-corrected chi connectivity index (χ4v) is 1.66. The van der Waals surface area contributed by atoms with Gasteiger partial charge in [-0.25, -0.2) is 0 Å².